The normalized spacial score (nSPS) is 23.3. The van der Waals surface area contributed by atoms with Crippen LogP contribution in [0.3, 0.4) is 0 Å². The molecule has 1 aliphatic heterocycles. The number of benzene rings is 1. The lowest BCUT2D eigenvalue weighted by atomic mass is 10.0. The van der Waals surface area contributed by atoms with E-state index in [0.29, 0.717) is 6.61 Å². The molecular weight excluding hydrogens is 460 g/mol. The molecule has 0 unspecified atom stereocenters. The largest absolute Gasteiger partial charge is 0.497 e. The van der Waals surface area contributed by atoms with Gasteiger partial charge in [0, 0.05) is 12.5 Å². The van der Waals surface area contributed by atoms with Crippen LogP contribution in [0.25, 0.3) is 0 Å². The third-order valence-corrected chi connectivity index (χ3v) is 11.7. The summed E-state index contributed by atoms with van der Waals surface area (Å²) in [7, 11) is -0.231. The van der Waals surface area contributed by atoms with E-state index in [0.717, 1.165) is 17.6 Å². The Hall–Kier alpha value is -1.51. The SMILES string of the molecule is COc1ccc(CO[C@H](/C=C\[C@@H](C)[C@H](C)O[Si](C)(C)C(C)(C)C)[C@H]2OC(C)(C)O[C@H]2CC=O)cc1. The Morgan fingerprint density at radius 1 is 1.09 bits per heavy atom. The highest BCUT2D eigenvalue weighted by Gasteiger charge is 2.45. The molecule has 0 saturated carbocycles. The quantitative estimate of drug-likeness (QED) is 0.189. The van der Waals surface area contributed by atoms with E-state index >= 15 is 0 Å². The number of aldehydes is 1. The van der Waals surface area contributed by atoms with Gasteiger partial charge in [0.15, 0.2) is 14.1 Å². The lowest BCUT2D eigenvalue weighted by Gasteiger charge is -2.39. The van der Waals surface area contributed by atoms with Gasteiger partial charge in [0.25, 0.3) is 0 Å². The molecule has 7 heteroatoms. The third-order valence-electron chi connectivity index (χ3n) is 7.11. The van der Waals surface area contributed by atoms with E-state index in [1.807, 2.05) is 44.2 Å². The van der Waals surface area contributed by atoms with Gasteiger partial charge in [0.05, 0.1) is 19.8 Å². The smallest absolute Gasteiger partial charge is 0.192 e. The Bertz CT molecular complexity index is 827. The predicted octanol–water partition coefficient (Wildman–Crippen LogP) is 6.29. The van der Waals surface area contributed by atoms with Crippen LogP contribution in [0.2, 0.25) is 18.1 Å². The molecule has 6 nitrogen and oxygen atoms in total. The standard InChI is InChI=1S/C28H46O6Si/c1-20(21(2)34-35(9,10)27(3,4)5)11-16-24(26-25(17-18-29)32-28(6,7)33-26)31-19-22-12-14-23(30-8)15-13-22/h11-16,18,20-21,24-26H,17,19H2,1-10H3/b16-11-/t20-,21+,24-,25+,26-/m1/s1. The second kappa shape index (κ2) is 12.1. The van der Waals surface area contributed by atoms with Crippen molar-refractivity contribution in [1.82, 2.24) is 0 Å². The van der Waals surface area contributed by atoms with Gasteiger partial charge in [-0.3, -0.25) is 0 Å². The van der Waals surface area contributed by atoms with Crippen molar-refractivity contribution < 1.29 is 28.2 Å². The van der Waals surface area contributed by atoms with Crippen molar-refractivity contribution in [1.29, 1.82) is 0 Å². The number of hydrogen-bond acceptors (Lipinski definition) is 6. The first-order valence-electron chi connectivity index (χ1n) is 12.6. The van der Waals surface area contributed by atoms with Crippen LogP contribution in [0, 0.1) is 5.92 Å². The van der Waals surface area contributed by atoms with E-state index in [9.17, 15) is 4.79 Å². The van der Waals surface area contributed by atoms with Crippen LogP contribution in [0.1, 0.15) is 60.5 Å². The van der Waals surface area contributed by atoms with Crippen molar-refractivity contribution >= 4 is 14.6 Å². The fourth-order valence-corrected chi connectivity index (χ4v) is 5.28. The molecule has 35 heavy (non-hydrogen) atoms. The van der Waals surface area contributed by atoms with Crippen LogP contribution in [-0.2, 0) is 30.0 Å². The third kappa shape index (κ3) is 8.53. The van der Waals surface area contributed by atoms with Crippen molar-refractivity contribution in [3.63, 3.8) is 0 Å². The fraction of sp³-hybridized carbons (Fsp3) is 0.679. The summed E-state index contributed by atoms with van der Waals surface area (Å²) in [6.45, 7) is 19.7. The maximum absolute atomic E-state index is 11.3. The maximum atomic E-state index is 11.3. The molecular formula is C28H46O6Si. The summed E-state index contributed by atoms with van der Waals surface area (Å²) in [5.41, 5.74) is 1.02. The van der Waals surface area contributed by atoms with Crippen LogP contribution >= 0.6 is 0 Å². The second-order valence-corrected chi connectivity index (χ2v) is 16.2. The first-order chi connectivity index (χ1) is 16.2. The maximum Gasteiger partial charge on any atom is 0.192 e. The van der Waals surface area contributed by atoms with Gasteiger partial charge in [0.1, 0.15) is 24.2 Å². The molecule has 198 valence electrons. The highest BCUT2D eigenvalue weighted by atomic mass is 28.4. The number of carbonyl (C=O) groups is 1. The molecule has 1 heterocycles. The zero-order valence-corrected chi connectivity index (χ0v) is 24.3. The molecule has 1 saturated heterocycles. The second-order valence-electron chi connectivity index (χ2n) is 11.5. The summed E-state index contributed by atoms with van der Waals surface area (Å²) in [5.74, 6) is 0.198. The summed E-state index contributed by atoms with van der Waals surface area (Å²) in [5, 5.41) is 0.150. The summed E-state index contributed by atoms with van der Waals surface area (Å²) in [6.07, 6.45) is 4.24. The monoisotopic (exact) mass is 506 g/mol. The number of rotatable bonds is 12. The van der Waals surface area contributed by atoms with E-state index < -0.39 is 20.2 Å². The van der Waals surface area contributed by atoms with Crippen LogP contribution in [0.15, 0.2) is 36.4 Å². The van der Waals surface area contributed by atoms with Crippen molar-refractivity contribution in [3.8, 4) is 5.75 Å². The lowest BCUT2D eigenvalue weighted by Crippen LogP contribution is -2.44. The minimum absolute atomic E-state index is 0.0670. The molecule has 1 aromatic carbocycles. The lowest BCUT2D eigenvalue weighted by molar-refractivity contribution is -0.156. The minimum atomic E-state index is -1.88. The molecule has 2 rings (SSSR count). The Labute approximate surface area is 213 Å². The minimum Gasteiger partial charge on any atom is -0.497 e. The van der Waals surface area contributed by atoms with Crippen LogP contribution in [0.4, 0.5) is 0 Å². The van der Waals surface area contributed by atoms with Crippen LogP contribution in [-0.4, -0.2) is 51.9 Å². The fourth-order valence-electron chi connectivity index (χ4n) is 3.78. The van der Waals surface area contributed by atoms with Crippen LogP contribution in [0.5, 0.6) is 5.75 Å². The zero-order valence-electron chi connectivity index (χ0n) is 23.3. The average molecular weight is 507 g/mol. The van der Waals surface area contributed by atoms with Gasteiger partial charge < -0.3 is 28.2 Å². The van der Waals surface area contributed by atoms with Crippen molar-refractivity contribution in [2.24, 2.45) is 5.92 Å². The molecule has 0 radical (unpaired) electrons. The summed E-state index contributed by atoms with van der Waals surface area (Å²) < 4.78 is 30.4. The van der Waals surface area contributed by atoms with E-state index in [-0.39, 0.29) is 35.7 Å². The Kier molecular flexibility index (Phi) is 10.3. The molecule has 0 N–H and O–H groups in total. The van der Waals surface area contributed by atoms with Gasteiger partial charge in [-0.05, 0) is 62.5 Å². The predicted molar refractivity (Wildman–Crippen MR) is 142 cm³/mol. The van der Waals surface area contributed by atoms with Gasteiger partial charge in [-0.25, -0.2) is 0 Å². The Morgan fingerprint density at radius 3 is 2.26 bits per heavy atom. The van der Waals surface area contributed by atoms with E-state index in [1.54, 1.807) is 7.11 Å². The van der Waals surface area contributed by atoms with E-state index in [4.69, 9.17) is 23.4 Å². The molecule has 1 aromatic rings. The summed E-state index contributed by atoms with van der Waals surface area (Å²) in [4.78, 5) is 11.3. The Morgan fingerprint density at radius 2 is 1.71 bits per heavy atom. The number of methoxy groups -OCH3 is 1. The highest BCUT2D eigenvalue weighted by Crippen LogP contribution is 2.38. The molecule has 0 bridgehead atoms. The van der Waals surface area contributed by atoms with Gasteiger partial charge in [0.2, 0.25) is 0 Å². The average Bonchev–Trinajstić information content (AvgIpc) is 3.07. The van der Waals surface area contributed by atoms with Crippen molar-refractivity contribution in [2.75, 3.05) is 7.11 Å². The Balaban J connectivity index is 2.20. The first kappa shape index (κ1) is 29.7. The van der Waals surface area contributed by atoms with E-state index in [2.05, 4.69) is 53.8 Å². The molecule has 0 aliphatic carbocycles. The summed E-state index contributed by atoms with van der Waals surface area (Å²) >= 11 is 0. The highest BCUT2D eigenvalue weighted by molar-refractivity contribution is 6.74. The molecule has 0 aromatic heterocycles. The number of ether oxygens (including phenoxy) is 4. The molecule has 0 spiro atoms. The zero-order chi connectivity index (χ0) is 26.4. The van der Waals surface area contributed by atoms with Crippen molar-refractivity contribution in [2.45, 2.75) is 110 Å². The van der Waals surface area contributed by atoms with E-state index in [1.165, 1.54) is 0 Å². The first-order valence-corrected chi connectivity index (χ1v) is 15.5. The van der Waals surface area contributed by atoms with Crippen molar-refractivity contribution in [3.05, 3.63) is 42.0 Å². The van der Waals surface area contributed by atoms with Gasteiger partial charge >= 0.3 is 0 Å². The number of carbonyl (C=O) groups excluding carboxylic acids is 1. The van der Waals surface area contributed by atoms with Gasteiger partial charge in [-0.2, -0.15) is 0 Å². The van der Waals surface area contributed by atoms with Gasteiger partial charge in [-0.15, -0.1) is 0 Å². The summed E-state index contributed by atoms with van der Waals surface area (Å²) in [6, 6.07) is 7.80. The molecule has 0 amide bonds. The molecule has 1 aliphatic rings. The van der Waals surface area contributed by atoms with Gasteiger partial charge in [-0.1, -0.05) is 52.0 Å². The topological polar surface area (TPSA) is 63.2 Å². The van der Waals surface area contributed by atoms with Crippen LogP contribution < -0.4 is 4.74 Å². The number of hydrogen-bond donors (Lipinski definition) is 0. The molecule has 1 fully saturated rings. The molecule has 5 atom stereocenters.